The molecular formula is C17H16O2. The molecule has 3 atom stereocenters. The van der Waals surface area contributed by atoms with Gasteiger partial charge in [0.15, 0.2) is 6.29 Å². The molecule has 1 aliphatic heterocycles. The Balaban J connectivity index is 1.63. The predicted octanol–water partition coefficient (Wildman–Crippen LogP) is 3.65. The van der Waals surface area contributed by atoms with Gasteiger partial charge in [-0.25, -0.2) is 0 Å². The maximum absolute atomic E-state index is 6.20. The highest BCUT2D eigenvalue weighted by Crippen LogP contribution is 2.45. The first-order valence-corrected chi connectivity index (χ1v) is 6.81. The Morgan fingerprint density at radius 1 is 0.895 bits per heavy atom. The van der Waals surface area contributed by atoms with E-state index in [0.717, 1.165) is 18.6 Å². The van der Waals surface area contributed by atoms with Gasteiger partial charge in [0.25, 0.3) is 0 Å². The fourth-order valence-corrected chi connectivity index (χ4v) is 3.14. The van der Waals surface area contributed by atoms with Gasteiger partial charge in [0.05, 0.1) is 12.7 Å². The topological polar surface area (TPSA) is 18.5 Å². The van der Waals surface area contributed by atoms with Crippen molar-refractivity contribution in [1.29, 1.82) is 0 Å². The van der Waals surface area contributed by atoms with Gasteiger partial charge in [0.2, 0.25) is 0 Å². The van der Waals surface area contributed by atoms with Crippen molar-refractivity contribution >= 4 is 0 Å². The fourth-order valence-electron chi connectivity index (χ4n) is 3.14. The molecule has 0 unspecified atom stereocenters. The quantitative estimate of drug-likeness (QED) is 0.771. The molecule has 2 aromatic carbocycles. The molecule has 1 heterocycles. The normalized spacial score (nSPS) is 28.7. The van der Waals surface area contributed by atoms with Gasteiger partial charge >= 0.3 is 0 Å². The van der Waals surface area contributed by atoms with Crippen molar-refractivity contribution in [2.75, 3.05) is 6.61 Å². The molecular weight excluding hydrogens is 236 g/mol. The molecule has 0 amide bonds. The second-order valence-corrected chi connectivity index (χ2v) is 5.30. The lowest BCUT2D eigenvalue weighted by molar-refractivity contribution is -0.240. The molecule has 0 spiro atoms. The highest BCUT2D eigenvalue weighted by atomic mass is 16.7. The minimum Gasteiger partial charge on any atom is -0.348 e. The summed E-state index contributed by atoms with van der Waals surface area (Å²) in [6.45, 7) is 0.777. The molecule has 0 saturated carbocycles. The van der Waals surface area contributed by atoms with Gasteiger partial charge in [-0.3, -0.25) is 0 Å². The first-order valence-electron chi connectivity index (χ1n) is 6.81. The van der Waals surface area contributed by atoms with E-state index in [2.05, 4.69) is 36.4 Å². The van der Waals surface area contributed by atoms with Gasteiger partial charge < -0.3 is 9.47 Å². The predicted molar refractivity (Wildman–Crippen MR) is 72.6 cm³/mol. The Morgan fingerprint density at radius 2 is 1.68 bits per heavy atom. The zero-order chi connectivity index (χ0) is 12.7. The van der Waals surface area contributed by atoms with Gasteiger partial charge in [-0.15, -0.1) is 0 Å². The van der Waals surface area contributed by atoms with E-state index in [1.807, 2.05) is 18.2 Å². The van der Waals surface area contributed by atoms with Crippen molar-refractivity contribution in [3.8, 4) is 0 Å². The second-order valence-electron chi connectivity index (χ2n) is 5.30. The van der Waals surface area contributed by atoms with E-state index in [-0.39, 0.29) is 12.4 Å². The van der Waals surface area contributed by atoms with Crippen molar-refractivity contribution in [2.24, 2.45) is 5.92 Å². The molecule has 4 rings (SSSR count). The van der Waals surface area contributed by atoms with Crippen LogP contribution in [0.4, 0.5) is 0 Å². The van der Waals surface area contributed by atoms with E-state index in [0.29, 0.717) is 5.92 Å². The van der Waals surface area contributed by atoms with Crippen LogP contribution in [0.25, 0.3) is 0 Å². The van der Waals surface area contributed by atoms with E-state index in [1.165, 1.54) is 11.1 Å². The summed E-state index contributed by atoms with van der Waals surface area (Å²) in [5.74, 6) is 0.470. The third-order valence-corrected chi connectivity index (χ3v) is 4.08. The third-order valence-electron chi connectivity index (χ3n) is 4.08. The lowest BCUT2D eigenvalue weighted by Gasteiger charge is -2.33. The first-order chi connectivity index (χ1) is 9.42. The van der Waals surface area contributed by atoms with Gasteiger partial charge in [0, 0.05) is 11.5 Å². The van der Waals surface area contributed by atoms with Crippen LogP contribution in [-0.4, -0.2) is 6.61 Å². The number of fused-ring (bicyclic) bond motifs is 3. The molecule has 1 saturated heterocycles. The molecule has 0 N–H and O–H groups in total. The van der Waals surface area contributed by atoms with Crippen molar-refractivity contribution in [3.05, 3.63) is 71.3 Å². The summed E-state index contributed by atoms with van der Waals surface area (Å²) < 4.78 is 12.1. The van der Waals surface area contributed by atoms with E-state index in [9.17, 15) is 0 Å². The Morgan fingerprint density at radius 3 is 2.58 bits per heavy atom. The number of ether oxygens (including phenoxy) is 2. The average Bonchev–Trinajstić information content (AvgIpc) is 2.86. The van der Waals surface area contributed by atoms with Gasteiger partial charge in [-0.2, -0.15) is 0 Å². The summed E-state index contributed by atoms with van der Waals surface area (Å²) >= 11 is 0. The van der Waals surface area contributed by atoms with Crippen LogP contribution in [0, 0.1) is 5.92 Å². The molecule has 2 aliphatic rings. The standard InChI is InChI=1S/C17H16O2/c1-2-6-12(7-3-1)17-18-11-14-10-13-8-4-5-9-15(13)16(14)19-17/h1-9,14,16-17H,10-11H2/t14-,16+,17-/m0/s1. The van der Waals surface area contributed by atoms with Crippen molar-refractivity contribution < 1.29 is 9.47 Å². The van der Waals surface area contributed by atoms with E-state index >= 15 is 0 Å². The Bertz CT molecular complexity index is 579. The summed E-state index contributed by atoms with van der Waals surface area (Å²) in [4.78, 5) is 0. The highest BCUT2D eigenvalue weighted by molar-refractivity contribution is 5.35. The molecule has 19 heavy (non-hydrogen) atoms. The number of hydrogen-bond donors (Lipinski definition) is 0. The molecule has 0 radical (unpaired) electrons. The van der Waals surface area contributed by atoms with Crippen LogP contribution in [-0.2, 0) is 15.9 Å². The van der Waals surface area contributed by atoms with Crippen LogP contribution >= 0.6 is 0 Å². The van der Waals surface area contributed by atoms with Crippen molar-refractivity contribution in [3.63, 3.8) is 0 Å². The van der Waals surface area contributed by atoms with Crippen molar-refractivity contribution in [1.82, 2.24) is 0 Å². The minimum absolute atomic E-state index is 0.190. The van der Waals surface area contributed by atoms with Gasteiger partial charge in [0.1, 0.15) is 0 Å². The molecule has 1 aliphatic carbocycles. The van der Waals surface area contributed by atoms with E-state index in [1.54, 1.807) is 0 Å². The van der Waals surface area contributed by atoms with E-state index < -0.39 is 0 Å². The zero-order valence-electron chi connectivity index (χ0n) is 10.7. The largest absolute Gasteiger partial charge is 0.348 e. The number of hydrogen-bond acceptors (Lipinski definition) is 2. The summed E-state index contributed by atoms with van der Waals surface area (Å²) in [6, 6.07) is 18.8. The summed E-state index contributed by atoms with van der Waals surface area (Å²) in [7, 11) is 0. The molecule has 2 heteroatoms. The third kappa shape index (κ3) is 1.88. The Labute approximate surface area is 113 Å². The van der Waals surface area contributed by atoms with Crippen LogP contribution in [0.3, 0.4) is 0 Å². The van der Waals surface area contributed by atoms with Crippen LogP contribution < -0.4 is 0 Å². The summed E-state index contributed by atoms with van der Waals surface area (Å²) in [6.07, 6.45) is 1.03. The molecule has 0 aromatic heterocycles. The monoisotopic (exact) mass is 252 g/mol. The zero-order valence-corrected chi connectivity index (χ0v) is 10.7. The lowest BCUT2D eigenvalue weighted by Crippen LogP contribution is -2.28. The number of rotatable bonds is 1. The maximum Gasteiger partial charge on any atom is 0.184 e. The van der Waals surface area contributed by atoms with Crippen molar-refractivity contribution in [2.45, 2.75) is 18.8 Å². The summed E-state index contributed by atoms with van der Waals surface area (Å²) in [5.41, 5.74) is 3.86. The first kappa shape index (κ1) is 11.2. The number of benzene rings is 2. The lowest BCUT2D eigenvalue weighted by atomic mass is 10.0. The SMILES string of the molecule is c1ccc([C@H]2OC[C@@H]3Cc4ccccc4[C@@H]3O2)cc1. The fraction of sp³-hybridized carbons (Fsp3) is 0.294. The van der Waals surface area contributed by atoms with Crippen LogP contribution in [0.1, 0.15) is 29.1 Å². The van der Waals surface area contributed by atoms with E-state index in [4.69, 9.17) is 9.47 Å². The minimum atomic E-state index is -0.228. The van der Waals surface area contributed by atoms with Crippen LogP contribution in [0.5, 0.6) is 0 Å². The summed E-state index contributed by atoms with van der Waals surface area (Å²) in [5, 5.41) is 0. The van der Waals surface area contributed by atoms with Crippen LogP contribution in [0.2, 0.25) is 0 Å². The maximum atomic E-state index is 6.20. The Kier molecular flexibility index (Phi) is 2.64. The molecule has 2 nitrogen and oxygen atoms in total. The van der Waals surface area contributed by atoms with Gasteiger partial charge in [-0.05, 0) is 17.5 Å². The molecule has 0 bridgehead atoms. The van der Waals surface area contributed by atoms with Crippen LogP contribution in [0.15, 0.2) is 54.6 Å². The second kappa shape index (κ2) is 4.48. The van der Waals surface area contributed by atoms with Gasteiger partial charge in [-0.1, -0.05) is 54.6 Å². The molecule has 2 aromatic rings. The highest BCUT2D eigenvalue weighted by Gasteiger charge is 2.39. The smallest absolute Gasteiger partial charge is 0.184 e. The molecule has 96 valence electrons. The average molecular weight is 252 g/mol. The molecule has 1 fully saturated rings. The Hall–Kier alpha value is -1.64.